The van der Waals surface area contributed by atoms with Crippen molar-refractivity contribution in [2.24, 2.45) is 0 Å². The van der Waals surface area contributed by atoms with Gasteiger partial charge in [-0.2, -0.15) is 0 Å². The zero-order chi connectivity index (χ0) is 13.4. The third-order valence-corrected chi connectivity index (χ3v) is 4.64. The van der Waals surface area contributed by atoms with Crippen molar-refractivity contribution in [1.29, 1.82) is 0 Å². The fourth-order valence-corrected chi connectivity index (χ4v) is 3.12. The monoisotopic (exact) mass is 281 g/mol. The average molecular weight is 282 g/mol. The van der Waals surface area contributed by atoms with Gasteiger partial charge >= 0.3 is 5.97 Å². The summed E-state index contributed by atoms with van der Waals surface area (Å²) in [4.78, 5) is 12.1. The highest BCUT2D eigenvalue weighted by Gasteiger charge is 2.19. The fourth-order valence-electron chi connectivity index (χ4n) is 1.80. The van der Waals surface area contributed by atoms with Gasteiger partial charge in [0.05, 0.1) is 5.69 Å². The van der Waals surface area contributed by atoms with E-state index in [1.54, 1.807) is 0 Å². The number of nitrogen functional groups attached to an aromatic ring is 1. The number of nitrogens with two attached hydrogens (primary N) is 1. The molecule has 1 aromatic heterocycles. The number of anilines is 1. The lowest BCUT2D eigenvalue weighted by atomic mass is 10.0. The molecule has 0 saturated heterocycles. The van der Waals surface area contributed by atoms with Crippen molar-refractivity contribution in [3.8, 4) is 10.4 Å². The van der Waals surface area contributed by atoms with E-state index >= 15 is 0 Å². The lowest BCUT2D eigenvalue weighted by molar-refractivity contribution is 0.0703. The molecule has 94 valence electrons. The maximum absolute atomic E-state index is 11.1. The molecular formula is C13H12ClNO2S. The summed E-state index contributed by atoms with van der Waals surface area (Å²) in [5.74, 6) is -0.994. The number of benzene rings is 1. The van der Waals surface area contributed by atoms with Gasteiger partial charge in [-0.3, -0.25) is 0 Å². The molecule has 0 amide bonds. The number of rotatable bonds is 2. The quantitative estimate of drug-likeness (QED) is 0.875. The molecule has 2 aromatic rings. The van der Waals surface area contributed by atoms with Gasteiger partial charge in [-0.05, 0) is 36.6 Å². The van der Waals surface area contributed by atoms with E-state index in [9.17, 15) is 4.79 Å². The van der Waals surface area contributed by atoms with Crippen molar-refractivity contribution < 1.29 is 9.90 Å². The molecule has 1 aromatic carbocycles. The van der Waals surface area contributed by atoms with E-state index in [0.717, 1.165) is 21.6 Å². The maximum Gasteiger partial charge on any atom is 0.348 e. The first-order valence-electron chi connectivity index (χ1n) is 5.31. The largest absolute Gasteiger partial charge is 0.477 e. The number of thiophene rings is 1. The second kappa shape index (κ2) is 4.63. The fraction of sp³-hybridized carbons (Fsp3) is 0.154. The van der Waals surface area contributed by atoms with E-state index in [4.69, 9.17) is 22.4 Å². The summed E-state index contributed by atoms with van der Waals surface area (Å²) in [5.41, 5.74) is 8.82. The number of carboxylic acids is 1. The number of hydrogen-bond acceptors (Lipinski definition) is 3. The first kappa shape index (κ1) is 12.9. The Morgan fingerprint density at radius 2 is 2.00 bits per heavy atom. The summed E-state index contributed by atoms with van der Waals surface area (Å²) in [6.07, 6.45) is 0. The van der Waals surface area contributed by atoms with Gasteiger partial charge in [0.1, 0.15) is 4.88 Å². The van der Waals surface area contributed by atoms with Crippen LogP contribution in [0.2, 0.25) is 5.02 Å². The van der Waals surface area contributed by atoms with Gasteiger partial charge in [0.15, 0.2) is 0 Å². The Hall–Kier alpha value is -1.52. The Morgan fingerprint density at radius 1 is 1.33 bits per heavy atom. The molecule has 0 saturated carbocycles. The van der Waals surface area contributed by atoms with Crippen LogP contribution in [0.3, 0.4) is 0 Å². The molecule has 0 bridgehead atoms. The molecule has 0 spiro atoms. The average Bonchev–Trinajstić information content (AvgIpc) is 2.61. The van der Waals surface area contributed by atoms with Crippen molar-refractivity contribution in [3.05, 3.63) is 39.2 Å². The molecule has 0 atom stereocenters. The Bertz CT molecular complexity index is 634. The van der Waals surface area contributed by atoms with Crippen molar-refractivity contribution in [2.45, 2.75) is 13.8 Å². The third kappa shape index (κ3) is 1.98. The van der Waals surface area contributed by atoms with E-state index in [2.05, 4.69) is 0 Å². The second-order valence-electron chi connectivity index (χ2n) is 4.02. The van der Waals surface area contributed by atoms with Crippen molar-refractivity contribution in [3.63, 3.8) is 0 Å². The molecule has 2 rings (SSSR count). The van der Waals surface area contributed by atoms with Crippen LogP contribution in [0.1, 0.15) is 20.8 Å². The standard InChI is InChI=1S/C13H12ClNO2S/c1-6-8(4-3-5-9(6)14)11-7(2)10(15)12(18-11)13(16)17/h3-5H,15H2,1-2H3,(H,16,17). The SMILES string of the molecule is Cc1c(Cl)cccc1-c1sc(C(=O)O)c(N)c1C. The van der Waals surface area contributed by atoms with Crippen molar-refractivity contribution >= 4 is 34.6 Å². The van der Waals surface area contributed by atoms with Gasteiger partial charge in [-0.25, -0.2) is 4.79 Å². The van der Waals surface area contributed by atoms with Gasteiger partial charge in [-0.1, -0.05) is 23.7 Å². The van der Waals surface area contributed by atoms with E-state index in [1.165, 1.54) is 11.3 Å². The van der Waals surface area contributed by atoms with Gasteiger partial charge in [0.25, 0.3) is 0 Å². The molecule has 3 N–H and O–H groups in total. The molecule has 3 nitrogen and oxygen atoms in total. The topological polar surface area (TPSA) is 63.3 Å². The summed E-state index contributed by atoms with van der Waals surface area (Å²) in [6, 6.07) is 5.58. The van der Waals surface area contributed by atoms with Crippen LogP contribution in [0, 0.1) is 13.8 Å². The summed E-state index contributed by atoms with van der Waals surface area (Å²) >= 11 is 7.27. The number of halogens is 1. The highest BCUT2D eigenvalue weighted by atomic mass is 35.5. The molecule has 0 fully saturated rings. The maximum atomic E-state index is 11.1. The van der Waals surface area contributed by atoms with Gasteiger partial charge in [-0.15, -0.1) is 11.3 Å². The number of carbonyl (C=O) groups is 1. The van der Waals surface area contributed by atoms with Crippen LogP contribution in [0.5, 0.6) is 0 Å². The van der Waals surface area contributed by atoms with Crippen LogP contribution >= 0.6 is 22.9 Å². The minimum Gasteiger partial charge on any atom is -0.477 e. The smallest absolute Gasteiger partial charge is 0.348 e. The summed E-state index contributed by atoms with van der Waals surface area (Å²) < 4.78 is 0. The van der Waals surface area contributed by atoms with Gasteiger partial charge in [0, 0.05) is 9.90 Å². The lowest BCUT2D eigenvalue weighted by Gasteiger charge is -2.06. The molecule has 18 heavy (non-hydrogen) atoms. The summed E-state index contributed by atoms with van der Waals surface area (Å²) in [5, 5.41) is 9.74. The van der Waals surface area contributed by atoms with E-state index in [0.29, 0.717) is 10.7 Å². The van der Waals surface area contributed by atoms with Gasteiger partial charge < -0.3 is 10.8 Å². The first-order chi connectivity index (χ1) is 8.43. The zero-order valence-electron chi connectivity index (χ0n) is 9.95. The number of hydrogen-bond donors (Lipinski definition) is 2. The highest BCUT2D eigenvalue weighted by molar-refractivity contribution is 7.18. The third-order valence-electron chi connectivity index (χ3n) is 2.90. The van der Waals surface area contributed by atoms with Crippen LogP contribution in [0.15, 0.2) is 18.2 Å². The number of aromatic carboxylic acids is 1. The van der Waals surface area contributed by atoms with Crippen LogP contribution in [-0.4, -0.2) is 11.1 Å². The lowest BCUT2D eigenvalue weighted by Crippen LogP contribution is -1.97. The zero-order valence-corrected chi connectivity index (χ0v) is 11.5. The normalized spacial score (nSPS) is 10.6. The Kier molecular flexibility index (Phi) is 3.32. The molecule has 0 radical (unpaired) electrons. The minimum atomic E-state index is -0.994. The minimum absolute atomic E-state index is 0.182. The predicted octanol–water partition coefficient (Wildman–Crippen LogP) is 3.97. The summed E-state index contributed by atoms with van der Waals surface area (Å²) in [6.45, 7) is 3.74. The Balaban J connectivity index is 2.69. The first-order valence-corrected chi connectivity index (χ1v) is 6.50. The van der Waals surface area contributed by atoms with Crippen molar-refractivity contribution in [1.82, 2.24) is 0 Å². The second-order valence-corrected chi connectivity index (χ2v) is 5.44. The van der Waals surface area contributed by atoms with Crippen LogP contribution in [0.4, 0.5) is 5.69 Å². The highest BCUT2D eigenvalue weighted by Crippen LogP contribution is 2.40. The van der Waals surface area contributed by atoms with Crippen LogP contribution in [-0.2, 0) is 0 Å². The molecule has 1 heterocycles. The van der Waals surface area contributed by atoms with Crippen LogP contribution in [0.25, 0.3) is 10.4 Å². The van der Waals surface area contributed by atoms with E-state index in [1.807, 2.05) is 32.0 Å². The molecule has 0 aliphatic rings. The summed E-state index contributed by atoms with van der Waals surface area (Å²) in [7, 11) is 0. The number of carboxylic acid groups (broad SMARTS) is 1. The van der Waals surface area contributed by atoms with E-state index in [-0.39, 0.29) is 4.88 Å². The van der Waals surface area contributed by atoms with E-state index < -0.39 is 5.97 Å². The molecule has 5 heteroatoms. The van der Waals surface area contributed by atoms with Gasteiger partial charge in [0.2, 0.25) is 0 Å². The van der Waals surface area contributed by atoms with Crippen LogP contribution < -0.4 is 5.73 Å². The Labute approximate surface area is 114 Å². The molecule has 0 unspecified atom stereocenters. The van der Waals surface area contributed by atoms with Crippen molar-refractivity contribution in [2.75, 3.05) is 5.73 Å². The molecular weight excluding hydrogens is 270 g/mol. The molecule has 0 aliphatic heterocycles. The molecule has 0 aliphatic carbocycles. The Morgan fingerprint density at radius 3 is 2.56 bits per heavy atom. The predicted molar refractivity (Wildman–Crippen MR) is 75.6 cm³/mol.